The summed E-state index contributed by atoms with van der Waals surface area (Å²) in [5, 5.41) is 0. The molecule has 0 bridgehead atoms. The van der Waals surface area contributed by atoms with Gasteiger partial charge in [0.05, 0.1) is 12.2 Å². The van der Waals surface area contributed by atoms with Crippen LogP contribution in [0.2, 0.25) is 0 Å². The Morgan fingerprint density at radius 3 is 2.75 bits per heavy atom. The van der Waals surface area contributed by atoms with Gasteiger partial charge in [-0.1, -0.05) is 29.3 Å². The molecule has 12 heavy (non-hydrogen) atoms. The van der Waals surface area contributed by atoms with Crippen molar-refractivity contribution in [3.63, 3.8) is 0 Å². The molecule has 3 unspecified atom stereocenters. The SMILES string of the molecule is CCCC(C)OC1CCCC1Br. The first-order chi connectivity index (χ1) is 5.74. The highest BCUT2D eigenvalue weighted by atomic mass is 79.9. The van der Waals surface area contributed by atoms with Gasteiger partial charge in [-0.25, -0.2) is 0 Å². The van der Waals surface area contributed by atoms with E-state index < -0.39 is 0 Å². The Morgan fingerprint density at radius 1 is 1.50 bits per heavy atom. The second kappa shape index (κ2) is 5.23. The molecule has 1 fully saturated rings. The van der Waals surface area contributed by atoms with Crippen molar-refractivity contribution in [3.05, 3.63) is 0 Å². The topological polar surface area (TPSA) is 9.23 Å². The lowest BCUT2D eigenvalue weighted by Gasteiger charge is -2.20. The van der Waals surface area contributed by atoms with Gasteiger partial charge in [0.25, 0.3) is 0 Å². The van der Waals surface area contributed by atoms with Crippen LogP contribution in [0.1, 0.15) is 46.0 Å². The molecule has 0 aliphatic heterocycles. The van der Waals surface area contributed by atoms with Gasteiger partial charge in [0.2, 0.25) is 0 Å². The molecule has 1 aliphatic rings. The van der Waals surface area contributed by atoms with Gasteiger partial charge in [-0.15, -0.1) is 0 Å². The van der Waals surface area contributed by atoms with Crippen LogP contribution < -0.4 is 0 Å². The molecule has 0 radical (unpaired) electrons. The van der Waals surface area contributed by atoms with Crippen LogP contribution in [0.4, 0.5) is 0 Å². The number of hydrogen-bond acceptors (Lipinski definition) is 1. The molecule has 0 saturated heterocycles. The lowest BCUT2D eigenvalue weighted by atomic mass is 10.2. The molecule has 3 atom stereocenters. The number of halogens is 1. The Hall–Kier alpha value is 0.440. The molecule has 0 aromatic heterocycles. The Balaban J connectivity index is 2.20. The van der Waals surface area contributed by atoms with Crippen LogP contribution in [0.15, 0.2) is 0 Å². The minimum Gasteiger partial charge on any atom is -0.374 e. The van der Waals surface area contributed by atoms with Crippen molar-refractivity contribution in [1.29, 1.82) is 0 Å². The van der Waals surface area contributed by atoms with E-state index in [1.807, 2.05) is 0 Å². The van der Waals surface area contributed by atoms with Crippen molar-refractivity contribution in [2.24, 2.45) is 0 Å². The summed E-state index contributed by atoms with van der Waals surface area (Å²) in [6, 6.07) is 0. The summed E-state index contributed by atoms with van der Waals surface area (Å²) >= 11 is 3.66. The molecule has 0 aromatic carbocycles. The third kappa shape index (κ3) is 3.06. The second-order valence-electron chi connectivity index (χ2n) is 3.72. The van der Waals surface area contributed by atoms with Crippen molar-refractivity contribution in [2.45, 2.75) is 63.0 Å². The predicted molar refractivity (Wildman–Crippen MR) is 55.8 cm³/mol. The fourth-order valence-corrected chi connectivity index (χ4v) is 2.52. The van der Waals surface area contributed by atoms with Crippen LogP contribution in [-0.2, 0) is 4.74 Å². The molecule has 1 aliphatic carbocycles. The van der Waals surface area contributed by atoms with E-state index in [1.165, 1.54) is 32.1 Å². The first-order valence-electron chi connectivity index (χ1n) is 5.03. The van der Waals surface area contributed by atoms with Gasteiger partial charge in [-0.3, -0.25) is 0 Å². The molecule has 0 spiro atoms. The van der Waals surface area contributed by atoms with Crippen molar-refractivity contribution in [2.75, 3.05) is 0 Å². The maximum atomic E-state index is 5.92. The lowest BCUT2D eigenvalue weighted by molar-refractivity contribution is 0.00151. The van der Waals surface area contributed by atoms with E-state index >= 15 is 0 Å². The van der Waals surface area contributed by atoms with Crippen LogP contribution >= 0.6 is 15.9 Å². The third-order valence-corrected chi connectivity index (χ3v) is 3.52. The summed E-state index contributed by atoms with van der Waals surface area (Å²) in [5.41, 5.74) is 0. The van der Waals surface area contributed by atoms with Gasteiger partial charge >= 0.3 is 0 Å². The molecule has 2 heteroatoms. The van der Waals surface area contributed by atoms with E-state index in [1.54, 1.807) is 0 Å². The average Bonchev–Trinajstić information content (AvgIpc) is 2.37. The highest BCUT2D eigenvalue weighted by Crippen LogP contribution is 2.29. The first kappa shape index (κ1) is 10.5. The molecule has 1 nitrogen and oxygen atoms in total. The van der Waals surface area contributed by atoms with Gasteiger partial charge in [-0.2, -0.15) is 0 Å². The normalized spacial score (nSPS) is 32.2. The van der Waals surface area contributed by atoms with Crippen LogP contribution in [0.5, 0.6) is 0 Å². The van der Waals surface area contributed by atoms with Crippen molar-refractivity contribution in [3.8, 4) is 0 Å². The summed E-state index contributed by atoms with van der Waals surface area (Å²) in [6.45, 7) is 4.39. The zero-order chi connectivity index (χ0) is 8.97. The van der Waals surface area contributed by atoms with Crippen LogP contribution in [-0.4, -0.2) is 17.0 Å². The molecular weight excluding hydrogens is 216 g/mol. The number of hydrogen-bond donors (Lipinski definition) is 0. The molecule has 1 rings (SSSR count). The zero-order valence-corrected chi connectivity index (χ0v) is 9.64. The fraction of sp³-hybridized carbons (Fsp3) is 1.00. The Labute approximate surface area is 84.0 Å². The standard InChI is InChI=1S/C10H19BrO/c1-3-5-8(2)12-10-7-4-6-9(10)11/h8-10H,3-7H2,1-2H3. The monoisotopic (exact) mass is 234 g/mol. The molecular formula is C10H19BrO. The maximum Gasteiger partial charge on any atom is 0.0703 e. The smallest absolute Gasteiger partial charge is 0.0703 e. The van der Waals surface area contributed by atoms with Gasteiger partial charge in [0.1, 0.15) is 0 Å². The average molecular weight is 235 g/mol. The second-order valence-corrected chi connectivity index (χ2v) is 4.90. The minimum atomic E-state index is 0.443. The summed E-state index contributed by atoms with van der Waals surface area (Å²) < 4.78 is 5.92. The summed E-state index contributed by atoms with van der Waals surface area (Å²) in [4.78, 5) is 0.608. The first-order valence-corrected chi connectivity index (χ1v) is 5.95. The summed E-state index contributed by atoms with van der Waals surface area (Å²) in [5.74, 6) is 0. The van der Waals surface area contributed by atoms with Gasteiger partial charge in [0, 0.05) is 4.83 Å². The Bertz CT molecular complexity index is 127. The zero-order valence-electron chi connectivity index (χ0n) is 8.05. The largest absolute Gasteiger partial charge is 0.374 e. The number of ether oxygens (including phenoxy) is 1. The Morgan fingerprint density at radius 2 is 2.25 bits per heavy atom. The molecule has 0 heterocycles. The van der Waals surface area contributed by atoms with E-state index in [4.69, 9.17) is 4.74 Å². The van der Waals surface area contributed by atoms with Gasteiger partial charge < -0.3 is 4.74 Å². The van der Waals surface area contributed by atoms with E-state index in [2.05, 4.69) is 29.8 Å². The van der Waals surface area contributed by atoms with E-state index in [0.29, 0.717) is 17.0 Å². The fourth-order valence-electron chi connectivity index (χ4n) is 1.81. The van der Waals surface area contributed by atoms with Crippen LogP contribution in [0.3, 0.4) is 0 Å². The molecule has 1 saturated carbocycles. The van der Waals surface area contributed by atoms with Crippen molar-refractivity contribution >= 4 is 15.9 Å². The van der Waals surface area contributed by atoms with Crippen LogP contribution in [0.25, 0.3) is 0 Å². The third-order valence-electron chi connectivity index (χ3n) is 2.47. The molecule has 72 valence electrons. The van der Waals surface area contributed by atoms with E-state index in [9.17, 15) is 0 Å². The van der Waals surface area contributed by atoms with Crippen molar-refractivity contribution < 1.29 is 4.74 Å². The minimum absolute atomic E-state index is 0.443. The molecule has 0 N–H and O–H groups in total. The molecule has 0 amide bonds. The summed E-state index contributed by atoms with van der Waals surface area (Å²) in [7, 11) is 0. The van der Waals surface area contributed by atoms with Crippen molar-refractivity contribution in [1.82, 2.24) is 0 Å². The summed E-state index contributed by atoms with van der Waals surface area (Å²) in [6.07, 6.45) is 7.17. The van der Waals surface area contributed by atoms with Crippen LogP contribution in [0, 0.1) is 0 Å². The highest BCUT2D eigenvalue weighted by Gasteiger charge is 2.26. The van der Waals surface area contributed by atoms with Gasteiger partial charge in [-0.05, 0) is 32.6 Å². The number of rotatable bonds is 4. The Kier molecular flexibility index (Phi) is 4.59. The lowest BCUT2D eigenvalue weighted by Crippen LogP contribution is -2.23. The molecule has 0 aromatic rings. The van der Waals surface area contributed by atoms with Gasteiger partial charge in [0.15, 0.2) is 0 Å². The number of alkyl halides is 1. The van der Waals surface area contributed by atoms with E-state index in [0.717, 1.165) is 0 Å². The predicted octanol–water partition coefficient (Wildman–Crippen LogP) is 3.51. The highest BCUT2D eigenvalue weighted by molar-refractivity contribution is 9.09. The maximum absolute atomic E-state index is 5.92. The van der Waals surface area contributed by atoms with E-state index in [-0.39, 0.29) is 0 Å². The quantitative estimate of drug-likeness (QED) is 0.677.